The first-order chi connectivity index (χ1) is 20.1. The van der Waals surface area contributed by atoms with Crippen LogP contribution >= 0.6 is 23.2 Å². The Bertz CT molecular complexity index is 1500. The fourth-order valence-corrected chi connectivity index (χ4v) is 6.22. The van der Waals surface area contributed by atoms with E-state index in [-0.39, 0.29) is 51.0 Å². The fourth-order valence-electron chi connectivity index (χ4n) is 4.74. The highest BCUT2D eigenvalue weighted by atomic mass is 35.5. The number of benzene rings is 3. The Kier molecular flexibility index (Phi) is 10.6. The van der Waals surface area contributed by atoms with Gasteiger partial charge in [-0.15, -0.1) is 0 Å². The lowest BCUT2D eigenvalue weighted by Crippen LogP contribution is -2.50. The highest BCUT2D eigenvalue weighted by Gasteiger charge is 2.31. The van der Waals surface area contributed by atoms with Crippen LogP contribution in [-0.2, 0) is 32.6 Å². The third-order valence-electron chi connectivity index (χ3n) is 6.81. The Balaban J connectivity index is 1.59. The van der Waals surface area contributed by atoms with Gasteiger partial charge in [0, 0.05) is 54.2 Å². The van der Waals surface area contributed by atoms with Crippen molar-refractivity contribution in [1.82, 2.24) is 10.2 Å². The zero-order valence-corrected chi connectivity index (χ0v) is 25.7. The normalized spacial score (nSPS) is 13.0. The Morgan fingerprint density at radius 3 is 2.33 bits per heavy atom. The molecule has 3 aromatic carbocycles. The van der Waals surface area contributed by atoms with Gasteiger partial charge in [-0.25, -0.2) is 8.42 Å². The van der Waals surface area contributed by atoms with Gasteiger partial charge in [-0.05, 0) is 43.2 Å². The average Bonchev–Trinajstić information content (AvgIpc) is 3.42. The second-order valence-electron chi connectivity index (χ2n) is 9.80. The molecule has 42 heavy (non-hydrogen) atoms. The van der Waals surface area contributed by atoms with Crippen LogP contribution in [0.3, 0.4) is 0 Å². The number of likely N-dealkylation sites (N-methyl/N-ethyl adjacent to an activating group) is 1. The van der Waals surface area contributed by atoms with E-state index in [2.05, 4.69) is 5.32 Å². The largest absolute Gasteiger partial charge is 0.454 e. The highest BCUT2D eigenvalue weighted by Crippen LogP contribution is 2.36. The summed E-state index contributed by atoms with van der Waals surface area (Å²) < 4.78 is 37.4. The monoisotopic (exact) mass is 633 g/mol. The molecule has 3 aromatic rings. The topological polar surface area (TPSA) is 105 Å². The van der Waals surface area contributed by atoms with Crippen LogP contribution in [0.5, 0.6) is 11.5 Å². The number of carbonyl (C=O) groups excluding carboxylic acids is 2. The van der Waals surface area contributed by atoms with Gasteiger partial charge in [0.25, 0.3) is 0 Å². The van der Waals surface area contributed by atoms with Gasteiger partial charge in [-0.2, -0.15) is 0 Å². The second kappa shape index (κ2) is 14.1. The molecule has 0 bridgehead atoms. The van der Waals surface area contributed by atoms with Gasteiger partial charge in [0.05, 0.1) is 11.9 Å². The molecule has 0 radical (unpaired) electrons. The molecule has 0 fully saturated rings. The van der Waals surface area contributed by atoms with Crippen LogP contribution in [0.25, 0.3) is 0 Å². The van der Waals surface area contributed by atoms with E-state index in [9.17, 15) is 18.0 Å². The van der Waals surface area contributed by atoms with Crippen molar-refractivity contribution in [2.24, 2.45) is 0 Å². The summed E-state index contributed by atoms with van der Waals surface area (Å²) in [7, 11) is -3.68. The summed E-state index contributed by atoms with van der Waals surface area (Å²) >= 11 is 12.9. The molecule has 0 saturated carbocycles. The molecular weight excluding hydrogens is 601 g/mol. The molecule has 1 heterocycles. The Hall–Kier alpha value is -3.47. The maximum Gasteiger partial charge on any atom is 0.243 e. The van der Waals surface area contributed by atoms with Gasteiger partial charge in [0.15, 0.2) is 11.5 Å². The molecule has 1 N–H and O–H groups in total. The summed E-state index contributed by atoms with van der Waals surface area (Å²) in [5.41, 5.74) is 1.80. The molecule has 9 nitrogen and oxygen atoms in total. The SMILES string of the molecule is CCNC(=O)[C@H](Cc1ccccc1)N(Cc1c(Cl)cccc1Cl)C(=O)CCCN(c1ccc2c(c1)OCO2)S(C)(=O)=O. The van der Waals surface area contributed by atoms with Gasteiger partial charge >= 0.3 is 0 Å². The zero-order valence-electron chi connectivity index (χ0n) is 23.4. The van der Waals surface area contributed by atoms with Gasteiger partial charge in [0.2, 0.25) is 28.6 Å². The summed E-state index contributed by atoms with van der Waals surface area (Å²) in [5.74, 6) is 0.338. The molecule has 0 spiro atoms. The number of nitrogens with one attached hydrogen (secondary N) is 1. The van der Waals surface area contributed by atoms with E-state index in [1.54, 1.807) is 36.4 Å². The summed E-state index contributed by atoms with van der Waals surface area (Å²) in [6.45, 7) is 2.30. The number of ether oxygens (including phenoxy) is 2. The van der Waals surface area contributed by atoms with Crippen molar-refractivity contribution in [1.29, 1.82) is 0 Å². The first-order valence-electron chi connectivity index (χ1n) is 13.5. The van der Waals surface area contributed by atoms with Crippen molar-refractivity contribution in [3.8, 4) is 11.5 Å². The van der Waals surface area contributed by atoms with E-state index in [1.165, 1.54) is 9.21 Å². The van der Waals surface area contributed by atoms with Crippen LogP contribution in [0.15, 0.2) is 66.7 Å². The average molecular weight is 635 g/mol. The van der Waals surface area contributed by atoms with E-state index in [4.69, 9.17) is 32.7 Å². The Morgan fingerprint density at radius 1 is 0.976 bits per heavy atom. The highest BCUT2D eigenvalue weighted by molar-refractivity contribution is 7.92. The number of hydrogen-bond acceptors (Lipinski definition) is 6. The molecular formula is C30H33Cl2N3O6S. The predicted octanol–water partition coefficient (Wildman–Crippen LogP) is 5.04. The van der Waals surface area contributed by atoms with Crippen molar-refractivity contribution in [2.45, 2.75) is 38.8 Å². The van der Waals surface area contributed by atoms with E-state index in [0.29, 0.717) is 39.3 Å². The molecule has 4 rings (SSSR count). The first-order valence-corrected chi connectivity index (χ1v) is 16.1. The minimum absolute atomic E-state index is 0.00390. The molecule has 1 atom stereocenters. The van der Waals surface area contributed by atoms with Crippen molar-refractivity contribution in [2.75, 3.05) is 30.4 Å². The number of halogens is 2. The minimum atomic E-state index is -3.68. The molecule has 0 unspecified atom stereocenters. The molecule has 2 amide bonds. The quantitative estimate of drug-likeness (QED) is 0.283. The summed E-state index contributed by atoms with van der Waals surface area (Å²) in [4.78, 5) is 28.7. The van der Waals surface area contributed by atoms with Crippen LogP contribution in [0.4, 0.5) is 5.69 Å². The third kappa shape index (κ3) is 7.87. The number of nitrogens with zero attached hydrogens (tertiary/aromatic N) is 2. The van der Waals surface area contributed by atoms with Crippen molar-refractivity contribution >= 4 is 50.7 Å². The minimum Gasteiger partial charge on any atom is -0.454 e. The maximum atomic E-state index is 13.9. The number of carbonyl (C=O) groups is 2. The lowest BCUT2D eigenvalue weighted by atomic mass is 10.0. The predicted molar refractivity (Wildman–Crippen MR) is 164 cm³/mol. The molecule has 1 aliphatic heterocycles. The molecule has 0 aliphatic carbocycles. The summed E-state index contributed by atoms with van der Waals surface area (Å²) in [5, 5.41) is 3.60. The van der Waals surface area contributed by atoms with Gasteiger partial charge in [-0.3, -0.25) is 13.9 Å². The van der Waals surface area contributed by atoms with Crippen LogP contribution < -0.4 is 19.1 Å². The lowest BCUT2D eigenvalue weighted by molar-refractivity contribution is -0.141. The van der Waals surface area contributed by atoms with Crippen LogP contribution in [0, 0.1) is 0 Å². The fraction of sp³-hybridized carbons (Fsp3) is 0.333. The van der Waals surface area contributed by atoms with Gasteiger partial charge in [0.1, 0.15) is 6.04 Å². The van der Waals surface area contributed by atoms with E-state index in [1.807, 2.05) is 37.3 Å². The summed E-state index contributed by atoms with van der Waals surface area (Å²) in [6.07, 6.45) is 1.55. The first kappa shape index (κ1) is 31.5. The molecule has 1 aliphatic rings. The van der Waals surface area contributed by atoms with Crippen molar-refractivity contribution in [3.63, 3.8) is 0 Å². The maximum absolute atomic E-state index is 13.9. The van der Waals surface area contributed by atoms with Crippen LogP contribution in [0.1, 0.15) is 30.9 Å². The molecule has 12 heteroatoms. The smallest absolute Gasteiger partial charge is 0.243 e. The molecule has 0 saturated heterocycles. The van der Waals surface area contributed by atoms with Crippen molar-refractivity contribution in [3.05, 3.63) is 87.9 Å². The van der Waals surface area contributed by atoms with E-state index < -0.39 is 16.1 Å². The second-order valence-corrected chi connectivity index (χ2v) is 12.5. The summed E-state index contributed by atoms with van der Waals surface area (Å²) in [6, 6.07) is 18.5. The van der Waals surface area contributed by atoms with Crippen molar-refractivity contribution < 1.29 is 27.5 Å². The van der Waals surface area contributed by atoms with Crippen LogP contribution in [0.2, 0.25) is 10.0 Å². The number of rotatable bonds is 13. The Morgan fingerprint density at radius 2 is 1.67 bits per heavy atom. The zero-order chi connectivity index (χ0) is 30.3. The van der Waals surface area contributed by atoms with E-state index in [0.717, 1.165) is 11.8 Å². The standard InChI is InChI=1S/C30H33Cl2N3O6S/c1-3-33-30(37)26(17-21-9-5-4-6-10-21)34(19-23-24(31)11-7-12-25(23)32)29(36)13-8-16-35(42(2,38)39)22-14-15-27-28(18-22)41-20-40-27/h4-7,9-12,14-15,18,26H,3,8,13,16-17,19-20H2,1-2H3,(H,33,37)/t26-/m0/s1. The van der Waals surface area contributed by atoms with Gasteiger partial charge < -0.3 is 19.7 Å². The number of amides is 2. The van der Waals surface area contributed by atoms with Crippen LogP contribution in [-0.4, -0.2) is 57.3 Å². The lowest BCUT2D eigenvalue weighted by Gasteiger charge is -2.32. The van der Waals surface area contributed by atoms with E-state index >= 15 is 0 Å². The molecule has 224 valence electrons. The number of sulfonamides is 1. The number of fused-ring (bicyclic) bond motifs is 1. The number of hydrogen-bond donors (Lipinski definition) is 1. The Labute approximate surface area is 256 Å². The third-order valence-corrected chi connectivity index (χ3v) is 8.71. The molecule has 0 aromatic heterocycles. The number of anilines is 1. The van der Waals surface area contributed by atoms with Gasteiger partial charge in [-0.1, -0.05) is 59.6 Å².